The van der Waals surface area contributed by atoms with Crippen molar-refractivity contribution in [3.05, 3.63) is 72.0 Å². The van der Waals surface area contributed by atoms with Gasteiger partial charge in [0.25, 0.3) is 0 Å². The summed E-state index contributed by atoms with van der Waals surface area (Å²) in [4.78, 5) is 0. The maximum Gasteiger partial charge on any atom is 0.0374 e. The maximum absolute atomic E-state index is 3.84. The lowest BCUT2D eigenvalue weighted by Crippen LogP contribution is -2.22. The van der Waals surface area contributed by atoms with Crippen LogP contribution >= 0.6 is 0 Å². The van der Waals surface area contributed by atoms with Crippen LogP contribution in [0.4, 0.5) is 0 Å². The Hall–Kier alpha value is -1.76. The number of rotatable bonds is 7. The second-order valence-electron chi connectivity index (χ2n) is 4.90. The monoisotopic (exact) mass is 257 g/mol. The van der Waals surface area contributed by atoms with Gasteiger partial charge < -0.3 is 5.32 Å². The van der Waals surface area contributed by atoms with Gasteiger partial charge in [-0.25, -0.2) is 0 Å². The van der Waals surface area contributed by atoms with E-state index < -0.39 is 0 Å². The average molecular weight is 257 g/mol. The molecule has 0 aliphatic heterocycles. The van der Waals surface area contributed by atoms with Crippen molar-refractivity contribution < 1.29 is 0 Å². The fraction of sp³-hybridized carbons (Fsp3) is 0.333. The second kappa shape index (κ2) is 9.21. The zero-order chi connectivity index (χ0) is 14.8. The molecule has 0 saturated heterocycles. The Morgan fingerprint density at radius 3 is 2.11 bits per heavy atom. The molecule has 1 heteroatoms. The minimum Gasteiger partial charge on any atom is -0.383 e. The molecule has 0 aromatic rings. The minimum absolute atomic E-state index is 0.402. The first-order chi connectivity index (χ1) is 8.92. The summed E-state index contributed by atoms with van der Waals surface area (Å²) in [6.07, 6.45) is 11.8. The van der Waals surface area contributed by atoms with Crippen molar-refractivity contribution in [3.8, 4) is 0 Å². The molecule has 0 amide bonds. The van der Waals surface area contributed by atoms with Crippen molar-refractivity contribution in [1.29, 1.82) is 0 Å². The van der Waals surface area contributed by atoms with E-state index in [2.05, 4.69) is 65.2 Å². The van der Waals surface area contributed by atoms with Crippen LogP contribution in [0.2, 0.25) is 0 Å². The van der Waals surface area contributed by atoms with Gasteiger partial charge in [0, 0.05) is 11.7 Å². The molecule has 0 bridgehead atoms. The largest absolute Gasteiger partial charge is 0.383 e. The normalized spacial score (nSPS) is 14.6. The zero-order valence-electron chi connectivity index (χ0n) is 13.0. The molecule has 0 radical (unpaired) electrons. The molecule has 0 atom stereocenters. The molecular formula is C18H27N. The lowest BCUT2D eigenvalue weighted by atomic mass is 10.1. The van der Waals surface area contributed by atoms with Gasteiger partial charge >= 0.3 is 0 Å². The molecule has 0 unspecified atom stereocenters. The summed E-state index contributed by atoms with van der Waals surface area (Å²) in [5.41, 5.74) is 4.75. The third-order valence-electron chi connectivity index (χ3n) is 2.75. The standard InChI is InChI=1S/C18H27N/c1-8-10-11-12-16(6)17(7)13-18(15(5)9-2)19-14(3)4/h8-14,19H,1-2H2,3-7H3/b11-10-,16-12+,17-13+,18-15+. The summed E-state index contributed by atoms with van der Waals surface area (Å²) < 4.78 is 0. The quantitative estimate of drug-likeness (QED) is 0.627. The molecule has 19 heavy (non-hydrogen) atoms. The Labute approximate surface area is 118 Å². The molecule has 0 aliphatic carbocycles. The van der Waals surface area contributed by atoms with Gasteiger partial charge in [-0.15, -0.1) is 0 Å². The molecule has 0 aromatic carbocycles. The fourth-order valence-electron chi connectivity index (χ4n) is 1.43. The van der Waals surface area contributed by atoms with Gasteiger partial charge in [-0.2, -0.15) is 0 Å². The van der Waals surface area contributed by atoms with Gasteiger partial charge in [-0.1, -0.05) is 43.5 Å². The smallest absolute Gasteiger partial charge is 0.0374 e. The highest BCUT2D eigenvalue weighted by molar-refractivity contribution is 5.39. The van der Waals surface area contributed by atoms with Crippen LogP contribution in [-0.2, 0) is 0 Å². The summed E-state index contributed by atoms with van der Waals surface area (Å²) in [5.74, 6) is 0. The molecule has 0 saturated carbocycles. The molecule has 1 nitrogen and oxygen atoms in total. The van der Waals surface area contributed by atoms with E-state index in [0.717, 1.165) is 11.3 Å². The highest BCUT2D eigenvalue weighted by atomic mass is 14.9. The van der Waals surface area contributed by atoms with Crippen LogP contribution in [0, 0.1) is 0 Å². The Balaban J connectivity index is 5.24. The summed E-state index contributed by atoms with van der Waals surface area (Å²) in [7, 11) is 0. The molecular weight excluding hydrogens is 230 g/mol. The second-order valence-corrected chi connectivity index (χ2v) is 4.90. The van der Waals surface area contributed by atoms with E-state index in [1.54, 1.807) is 6.08 Å². The SMILES string of the molecule is C=C\C=C/C=C(C)/C(C)=C/C(NC(C)C)=C(/C)C=C. The third kappa shape index (κ3) is 7.30. The Bertz CT molecular complexity index is 429. The predicted molar refractivity (Wildman–Crippen MR) is 88.0 cm³/mol. The molecule has 0 aromatic heterocycles. The highest BCUT2D eigenvalue weighted by Crippen LogP contribution is 2.14. The van der Waals surface area contributed by atoms with E-state index in [4.69, 9.17) is 0 Å². The molecule has 0 fully saturated rings. The third-order valence-corrected chi connectivity index (χ3v) is 2.75. The topological polar surface area (TPSA) is 12.0 Å². The molecule has 0 aliphatic rings. The van der Waals surface area contributed by atoms with E-state index in [0.29, 0.717) is 6.04 Å². The van der Waals surface area contributed by atoms with Gasteiger partial charge in [-0.05, 0) is 57.4 Å². The van der Waals surface area contributed by atoms with Crippen molar-refractivity contribution in [2.75, 3.05) is 0 Å². The van der Waals surface area contributed by atoms with E-state index in [9.17, 15) is 0 Å². The number of hydrogen-bond donors (Lipinski definition) is 1. The lowest BCUT2D eigenvalue weighted by molar-refractivity contribution is 0.676. The van der Waals surface area contributed by atoms with Gasteiger partial charge in [0.15, 0.2) is 0 Å². The van der Waals surface area contributed by atoms with Crippen LogP contribution in [0.3, 0.4) is 0 Å². The number of nitrogens with one attached hydrogen (secondary N) is 1. The number of hydrogen-bond acceptors (Lipinski definition) is 1. The zero-order valence-corrected chi connectivity index (χ0v) is 13.0. The first kappa shape index (κ1) is 17.2. The van der Waals surface area contributed by atoms with Gasteiger partial charge in [0.1, 0.15) is 0 Å². The molecule has 0 heterocycles. The summed E-state index contributed by atoms with van der Waals surface area (Å²) in [6.45, 7) is 18.1. The van der Waals surface area contributed by atoms with Crippen LogP contribution in [0.15, 0.2) is 72.0 Å². The predicted octanol–water partition coefficient (Wildman–Crippen LogP) is 5.08. The van der Waals surface area contributed by atoms with Crippen molar-refractivity contribution in [1.82, 2.24) is 5.32 Å². The van der Waals surface area contributed by atoms with Crippen LogP contribution in [0.1, 0.15) is 34.6 Å². The maximum atomic E-state index is 3.84. The van der Waals surface area contributed by atoms with Crippen LogP contribution in [-0.4, -0.2) is 6.04 Å². The van der Waals surface area contributed by atoms with E-state index in [-0.39, 0.29) is 0 Å². The van der Waals surface area contributed by atoms with E-state index in [1.807, 2.05) is 18.2 Å². The highest BCUT2D eigenvalue weighted by Gasteiger charge is 2.01. The summed E-state index contributed by atoms with van der Waals surface area (Å²) in [5, 5.41) is 3.45. The van der Waals surface area contributed by atoms with Crippen LogP contribution < -0.4 is 5.32 Å². The first-order valence-electron chi connectivity index (χ1n) is 6.66. The van der Waals surface area contributed by atoms with Crippen molar-refractivity contribution in [2.45, 2.75) is 40.7 Å². The summed E-state index contributed by atoms with van der Waals surface area (Å²) >= 11 is 0. The van der Waals surface area contributed by atoms with Crippen molar-refractivity contribution in [3.63, 3.8) is 0 Å². The Morgan fingerprint density at radius 2 is 1.63 bits per heavy atom. The van der Waals surface area contributed by atoms with Gasteiger partial charge in [0.05, 0.1) is 0 Å². The van der Waals surface area contributed by atoms with Gasteiger partial charge in [0.2, 0.25) is 0 Å². The average Bonchev–Trinajstić information content (AvgIpc) is 2.36. The van der Waals surface area contributed by atoms with Crippen molar-refractivity contribution in [2.24, 2.45) is 0 Å². The van der Waals surface area contributed by atoms with Crippen LogP contribution in [0.25, 0.3) is 0 Å². The Kier molecular flexibility index (Phi) is 8.35. The first-order valence-corrected chi connectivity index (χ1v) is 6.66. The lowest BCUT2D eigenvalue weighted by Gasteiger charge is -2.14. The molecule has 0 spiro atoms. The van der Waals surface area contributed by atoms with Crippen molar-refractivity contribution >= 4 is 0 Å². The molecule has 104 valence electrons. The minimum atomic E-state index is 0.402. The molecule has 0 rings (SSSR count). The van der Waals surface area contributed by atoms with E-state index >= 15 is 0 Å². The Morgan fingerprint density at radius 1 is 1.00 bits per heavy atom. The van der Waals surface area contributed by atoms with E-state index in [1.165, 1.54) is 11.1 Å². The van der Waals surface area contributed by atoms with Gasteiger partial charge in [-0.3, -0.25) is 0 Å². The fourth-order valence-corrected chi connectivity index (χ4v) is 1.43. The number of allylic oxidation sites excluding steroid dienone is 9. The molecule has 1 N–H and O–H groups in total. The van der Waals surface area contributed by atoms with Crippen LogP contribution in [0.5, 0.6) is 0 Å². The summed E-state index contributed by atoms with van der Waals surface area (Å²) in [6, 6.07) is 0.402.